The molecule has 0 fully saturated rings. The molecule has 25 heavy (non-hydrogen) atoms. The first-order valence-electron chi connectivity index (χ1n) is 7.11. The summed E-state index contributed by atoms with van der Waals surface area (Å²) < 4.78 is 25.3. The Morgan fingerprint density at radius 2 is 2.12 bits per heavy atom. The number of carbonyl (C=O) groups is 1. The van der Waals surface area contributed by atoms with Gasteiger partial charge in [0, 0.05) is 30.7 Å². The SMILES string of the molecule is CN(C)S(=O)(=O)c1cccc(NC(=O)CO/N=C(/N)c2ccsc2)c1. The van der Waals surface area contributed by atoms with Crippen LogP contribution in [-0.2, 0) is 19.7 Å². The van der Waals surface area contributed by atoms with E-state index in [1.54, 1.807) is 23.6 Å². The molecule has 0 aliphatic carbocycles. The van der Waals surface area contributed by atoms with E-state index in [4.69, 9.17) is 10.6 Å². The zero-order chi connectivity index (χ0) is 18.4. The smallest absolute Gasteiger partial charge is 0.265 e. The van der Waals surface area contributed by atoms with Crippen LogP contribution in [0.1, 0.15) is 5.56 Å². The van der Waals surface area contributed by atoms with Gasteiger partial charge in [0.25, 0.3) is 5.91 Å². The lowest BCUT2D eigenvalue weighted by Gasteiger charge is -2.12. The molecule has 0 saturated heterocycles. The molecule has 0 radical (unpaired) electrons. The molecule has 2 aromatic rings. The number of thiophene rings is 1. The molecule has 0 aliphatic heterocycles. The number of rotatable bonds is 7. The predicted octanol–water partition coefficient (Wildman–Crippen LogP) is 1.27. The highest BCUT2D eigenvalue weighted by atomic mass is 32.2. The molecule has 0 atom stereocenters. The summed E-state index contributed by atoms with van der Waals surface area (Å²) in [4.78, 5) is 16.9. The van der Waals surface area contributed by atoms with Gasteiger partial charge in [-0.2, -0.15) is 11.3 Å². The first kappa shape index (κ1) is 18.9. The van der Waals surface area contributed by atoms with Gasteiger partial charge >= 0.3 is 0 Å². The Labute approximate surface area is 149 Å². The van der Waals surface area contributed by atoms with Crippen LogP contribution in [0.4, 0.5) is 5.69 Å². The molecule has 0 bridgehead atoms. The van der Waals surface area contributed by atoms with Crippen molar-refractivity contribution in [2.75, 3.05) is 26.0 Å². The molecule has 10 heteroatoms. The molecule has 1 amide bonds. The minimum atomic E-state index is -3.58. The van der Waals surface area contributed by atoms with Crippen LogP contribution in [0.25, 0.3) is 0 Å². The van der Waals surface area contributed by atoms with Crippen LogP contribution in [-0.4, -0.2) is 45.2 Å². The summed E-state index contributed by atoms with van der Waals surface area (Å²) in [5.41, 5.74) is 6.76. The largest absolute Gasteiger partial charge is 0.384 e. The number of nitrogens with one attached hydrogen (secondary N) is 1. The Morgan fingerprint density at radius 3 is 2.76 bits per heavy atom. The number of carbonyl (C=O) groups excluding carboxylic acids is 1. The highest BCUT2D eigenvalue weighted by molar-refractivity contribution is 7.89. The van der Waals surface area contributed by atoms with Gasteiger partial charge in [-0.15, -0.1) is 0 Å². The molecular weight excluding hydrogens is 364 g/mol. The highest BCUT2D eigenvalue weighted by Gasteiger charge is 2.17. The number of anilines is 1. The van der Waals surface area contributed by atoms with Gasteiger partial charge in [0.15, 0.2) is 12.4 Å². The third kappa shape index (κ3) is 5.02. The lowest BCUT2D eigenvalue weighted by Crippen LogP contribution is -2.23. The summed E-state index contributed by atoms with van der Waals surface area (Å²) in [5.74, 6) is -0.311. The number of oxime groups is 1. The van der Waals surface area contributed by atoms with Gasteiger partial charge in [0.1, 0.15) is 0 Å². The monoisotopic (exact) mass is 382 g/mol. The fourth-order valence-corrected chi connectivity index (χ4v) is 3.36. The Morgan fingerprint density at radius 1 is 1.36 bits per heavy atom. The average Bonchev–Trinajstić information content (AvgIpc) is 3.09. The van der Waals surface area contributed by atoms with E-state index in [2.05, 4.69) is 10.5 Å². The molecule has 0 unspecified atom stereocenters. The topological polar surface area (TPSA) is 114 Å². The summed E-state index contributed by atoms with van der Waals surface area (Å²) >= 11 is 1.47. The van der Waals surface area contributed by atoms with Crippen LogP contribution < -0.4 is 11.1 Å². The molecule has 134 valence electrons. The molecule has 0 aliphatic rings. The lowest BCUT2D eigenvalue weighted by atomic mass is 10.3. The predicted molar refractivity (Wildman–Crippen MR) is 96.9 cm³/mol. The van der Waals surface area contributed by atoms with Gasteiger partial charge in [-0.05, 0) is 29.6 Å². The molecule has 1 aromatic heterocycles. The quantitative estimate of drug-likeness (QED) is 0.425. The zero-order valence-electron chi connectivity index (χ0n) is 13.7. The summed E-state index contributed by atoms with van der Waals surface area (Å²) in [6.07, 6.45) is 0. The number of amidine groups is 1. The highest BCUT2D eigenvalue weighted by Crippen LogP contribution is 2.17. The summed E-state index contributed by atoms with van der Waals surface area (Å²) in [7, 11) is -0.705. The normalized spacial score (nSPS) is 12.2. The molecule has 0 saturated carbocycles. The van der Waals surface area contributed by atoms with Crippen LogP contribution in [0.5, 0.6) is 0 Å². The fraction of sp³-hybridized carbons (Fsp3) is 0.200. The standard InChI is InChI=1S/C15H18N4O4S2/c1-19(2)25(21,22)13-5-3-4-12(8-13)17-14(20)9-23-18-15(16)11-6-7-24-10-11/h3-8,10H,9H2,1-2H3,(H2,16,18)(H,17,20). The Bertz CT molecular complexity index is 861. The third-order valence-corrected chi connectivity index (χ3v) is 5.57. The van der Waals surface area contributed by atoms with Crippen LogP contribution in [0.2, 0.25) is 0 Å². The van der Waals surface area contributed by atoms with E-state index in [-0.39, 0.29) is 17.3 Å². The van der Waals surface area contributed by atoms with E-state index in [0.717, 1.165) is 4.31 Å². The molecule has 0 spiro atoms. The maximum atomic E-state index is 12.1. The van der Waals surface area contributed by atoms with Crippen LogP contribution in [0.15, 0.2) is 51.1 Å². The molecule has 1 heterocycles. The first-order chi connectivity index (χ1) is 11.8. The second-order valence-electron chi connectivity index (χ2n) is 5.13. The van der Waals surface area contributed by atoms with Crippen molar-refractivity contribution in [3.63, 3.8) is 0 Å². The third-order valence-electron chi connectivity index (χ3n) is 3.07. The minimum Gasteiger partial charge on any atom is -0.384 e. The van der Waals surface area contributed by atoms with E-state index in [0.29, 0.717) is 11.3 Å². The lowest BCUT2D eigenvalue weighted by molar-refractivity contribution is -0.120. The molecule has 2 rings (SSSR count). The summed E-state index contributed by atoms with van der Waals surface area (Å²) in [6.45, 7) is -0.352. The number of sulfonamides is 1. The van der Waals surface area contributed by atoms with Crippen molar-refractivity contribution < 1.29 is 18.0 Å². The Balaban J connectivity index is 1.96. The van der Waals surface area contributed by atoms with Gasteiger partial charge in [-0.1, -0.05) is 11.2 Å². The Kier molecular flexibility index (Phi) is 6.12. The minimum absolute atomic E-state index is 0.0796. The van der Waals surface area contributed by atoms with Crippen molar-refractivity contribution >= 4 is 38.8 Å². The van der Waals surface area contributed by atoms with Crippen molar-refractivity contribution in [2.45, 2.75) is 4.90 Å². The number of hydrogen-bond acceptors (Lipinski definition) is 6. The van der Waals surface area contributed by atoms with Crippen molar-refractivity contribution in [3.05, 3.63) is 46.7 Å². The van der Waals surface area contributed by atoms with E-state index in [9.17, 15) is 13.2 Å². The van der Waals surface area contributed by atoms with Gasteiger partial charge in [-0.3, -0.25) is 4.79 Å². The molecule has 3 N–H and O–H groups in total. The van der Waals surface area contributed by atoms with Crippen LogP contribution in [0.3, 0.4) is 0 Å². The zero-order valence-corrected chi connectivity index (χ0v) is 15.3. The summed E-state index contributed by atoms with van der Waals surface area (Å²) in [5, 5.41) is 9.86. The molecular formula is C15H18N4O4S2. The summed E-state index contributed by atoms with van der Waals surface area (Å²) in [6, 6.07) is 7.72. The van der Waals surface area contributed by atoms with Gasteiger partial charge in [-0.25, -0.2) is 12.7 Å². The van der Waals surface area contributed by atoms with Gasteiger partial charge in [0.05, 0.1) is 4.90 Å². The maximum absolute atomic E-state index is 12.1. The van der Waals surface area contributed by atoms with E-state index >= 15 is 0 Å². The van der Waals surface area contributed by atoms with Crippen LogP contribution in [0, 0.1) is 0 Å². The Hall–Kier alpha value is -2.43. The van der Waals surface area contributed by atoms with Crippen molar-refractivity contribution in [2.24, 2.45) is 10.9 Å². The maximum Gasteiger partial charge on any atom is 0.265 e. The number of nitrogens with two attached hydrogens (primary N) is 1. The first-order valence-corrected chi connectivity index (χ1v) is 9.49. The number of nitrogens with zero attached hydrogens (tertiary/aromatic N) is 2. The van der Waals surface area contributed by atoms with E-state index in [1.165, 1.54) is 37.6 Å². The van der Waals surface area contributed by atoms with Gasteiger partial charge < -0.3 is 15.9 Å². The number of benzene rings is 1. The van der Waals surface area contributed by atoms with Crippen molar-refractivity contribution in [1.82, 2.24) is 4.31 Å². The van der Waals surface area contributed by atoms with Gasteiger partial charge in [0.2, 0.25) is 10.0 Å². The second-order valence-corrected chi connectivity index (χ2v) is 8.06. The number of hydrogen-bond donors (Lipinski definition) is 2. The van der Waals surface area contributed by atoms with Crippen molar-refractivity contribution in [1.29, 1.82) is 0 Å². The number of amides is 1. The van der Waals surface area contributed by atoms with Crippen LogP contribution >= 0.6 is 11.3 Å². The second kappa shape index (κ2) is 8.10. The van der Waals surface area contributed by atoms with E-state index < -0.39 is 15.9 Å². The van der Waals surface area contributed by atoms with E-state index in [1.807, 2.05) is 5.38 Å². The average molecular weight is 382 g/mol. The molecule has 8 nitrogen and oxygen atoms in total. The van der Waals surface area contributed by atoms with Crippen molar-refractivity contribution in [3.8, 4) is 0 Å². The molecule has 1 aromatic carbocycles. The fourth-order valence-electron chi connectivity index (χ4n) is 1.77.